The van der Waals surface area contributed by atoms with Gasteiger partial charge in [0.1, 0.15) is 5.82 Å². The van der Waals surface area contributed by atoms with Crippen LogP contribution in [0.4, 0.5) is 0 Å². The number of nitrogens with zero attached hydrogens (tertiary/aromatic N) is 3. The predicted molar refractivity (Wildman–Crippen MR) is 129 cm³/mol. The van der Waals surface area contributed by atoms with Crippen molar-refractivity contribution >= 4 is 57.2 Å². The van der Waals surface area contributed by atoms with Gasteiger partial charge < -0.3 is 18.8 Å². The summed E-state index contributed by atoms with van der Waals surface area (Å²) in [4.78, 5) is 30.8. The zero-order valence-corrected chi connectivity index (χ0v) is 19.9. The van der Waals surface area contributed by atoms with Crippen LogP contribution in [0.3, 0.4) is 0 Å². The highest BCUT2D eigenvalue weighted by molar-refractivity contribution is 8.26. The number of para-hydroxylation sites is 2. The monoisotopic (exact) mass is 484 g/mol. The van der Waals surface area contributed by atoms with Gasteiger partial charge in [0.2, 0.25) is 5.75 Å². The maximum Gasteiger partial charge on any atom is 0.285 e. The molecule has 0 unspecified atom stereocenters. The van der Waals surface area contributed by atoms with Gasteiger partial charge in [0.25, 0.3) is 11.8 Å². The molecule has 0 atom stereocenters. The Hall–Kier alpha value is -3.57. The summed E-state index contributed by atoms with van der Waals surface area (Å²) in [5.41, 5.74) is 4.52. The minimum atomic E-state index is -0.561. The summed E-state index contributed by atoms with van der Waals surface area (Å²) >= 11 is 6.41. The largest absolute Gasteiger partial charge is 0.493 e. The first kappa shape index (κ1) is 22.6. The number of aromatic nitrogens is 2. The fourth-order valence-electron chi connectivity index (χ4n) is 3.35. The van der Waals surface area contributed by atoms with Crippen molar-refractivity contribution in [2.24, 2.45) is 7.05 Å². The lowest BCUT2D eigenvalue weighted by Gasteiger charge is -2.17. The van der Waals surface area contributed by atoms with Crippen molar-refractivity contribution in [1.82, 2.24) is 20.0 Å². The minimum Gasteiger partial charge on any atom is -0.493 e. The van der Waals surface area contributed by atoms with Gasteiger partial charge in [-0.2, -0.15) is 5.01 Å². The van der Waals surface area contributed by atoms with Crippen molar-refractivity contribution in [3.8, 4) is 17.2 Å². The van der Waals surface area contributed by atoms with Gasteiger partial charge in [-0.25, -0.2) is 4.98 Å². The van der Waals surface area contributed by atoms with Gasteiger partial charge >= 0.3 is 0 Å². The second kappa shape index (κ2) is 9.12. The molecule has 1 aliphatic rings. The molecule has 1 aliphatic heterocycles. The van der Waals surface area contributed by atoms with Gasteiger partial charge in [-0.15, -0.1) is 0 Å². The quantitative estimate of drug-likeness (QED) is 0.421. The summed E-state index contributed by atoms with van der Waals surface area (Å²) < 4.78 is 17.9. The number of benzene rings is 2. The van der Waals surface area contributed by atoms with Crippen LogP contribution in [0.5, 0.6) is 17.2 Å². The average Bonchev–Trinajstić information content (AvgIpc) is 3.28. The number of hydrogen-bond donors (Lipinski definition) is 1. The molecule has 0 saturated carbocycles. The summed E-state index contributed by atoms with van der Waals surface area (Å²) in [7, 11) is 6.24. The van der Waals surface area contributed by atoms with Crippen molar-refractivity contribution in [3.63, 3.8) is 0 Å². The molecule has 1 fully saturated rings. The highest BCUT2D eigenvalue weighted by Crippen LogP contribution is 2.38. The van der Waals surface area contributed by atoms with E-state index in [-0.39, 0.29) is 9.88 Å². The number of ether oxygens (including phenoxy) is 3. The molecule has 9 nitrogen and oxygen atoms in total. The van der Waals surface area contributed by atoms with Crippen LogP contribution in [0.25, 0.3) is 17.1 Å². The number of hydrazine groups is 1. The standard InChI is InChI=1S/C22H20N4O5S2/c1-25-14-8-6-5-7-13(14)23-18(25)11-17-21(28)26(22(32)33-17)24-20(27)12-9-15(29-2)19(31-4)16(10-12)30-3/h5-11H,1-4H3,(H,24,27)/b17-11+. The molecule has 170 valence electrons. The first-order chi connectivity index (χ1) is 15.9. The van der Waals surface area contributed by atoms with Gasteiger partial charge in [0.15, 0.2) is 15.8 Å². The number of rotatable bonds is 6. The molecule has 11 heteroatoms. The number of fused-ring (bicyclic) bond motifs is 1. The smallest absolute Gasteiger partial charge is 0.285 e. The van der Waals surface area contributed by atoms with E-state index in [4.69, 9.17) is 26.4 Å². The van der Waals surface area contributed by atoms with Gasteiger partial charge in [0, 0.05) is 18.7 Å². The number of carbonyl (C=O) groups excluding carboxylic acids is 2. The van der Waals surface area contributed by atoms with Crippen LogP contribution in [0.15, 0.2) is 41.3 Å². The SMILES string of the molecule is COc1cc(C(=O)NN2C(=O)/C(=C\c3nc4ccccc4n3C)SC2=S)cc(OC)c1OC. The molecule has 0 aliphatic carbocycles. The molecular weight excluding hydrogens is 464 g/mol. The number of aryl methyl sites for hydroxylation is 1. The molecule has 0 bridgehead atoms. The topological polar surface area (TPSA) is 94.9 Å². The van der Waals surface area contributed by atoms with Gasteiger partial charge in [-0.1, -0.05) is 23.9 Å². The van der Waals surface area contributed by atoms with E-state index >= 15 is 0 Å². The molecule has 0 radical (unpaired) electrons. The number of methoxy groups -OCH3 is 3. The zero-order chi connectivity index (χ0) is 23.7. The van der Waals surface area contributed by atoms with Crippen LogP contribution in [-0.4, -0.2) is 52.0 Å². The zero-order valence-electron chi connectivity index (χ0n) is 18.2. The first-order valence-electron chi connectivity index (χ1n) is 9.68. The lowest BCUT2D eigenvalue weighted by molar-refractivity contribution is -0.123. The Kier molecular flexibility index (Phi) is 6.25. The Balaban J connectivity index is 1.59. The van der Waals surface area contributed by atoms with Crippen LogP contribution in [-0.2, 0) is 11.8 Å². The normalized spacial score (nSPS) is 14.8. The number of hydrogen-bond acceptors (Lipinski definition) is 8. The van der Waals surface area contributed by atoms with E-state index in [0.29, 0.717) is 28.0 Å². The van der Waals surface area contributed by atoms with E-state index in [9.17, 15) is 9.59 Å². The molecular formula is C22H20N4O5S2. The number of nitrogens with one attached hydrogen (secondary N) is 1. The molecule has 33 heavy (non-hydrogen) atoms. The van der Waals surface area contributed by atoms with Crippen molar-refractivity contribution in [3.05, 3.63) is 52.7 Å². The van der Waals surface area contributed by atoms with Crippen LogP contribution in [0.1, 0.15) is 16.2 Å². The third kappa shape index (κ3) is 4.12. The van der Waals surface area contributed by atoms with Gasteiger partial charge in [-0.3, -0.25) is 15.0 Å². The summed E-state index contributed by atoms with van der Waals surface area (Å²) in [6, 6.07) is 10.6. The molecule has 2 aromatic carbocycles. The highest BCUT2D eigenvalue weighted by Gasteiger charge is 2.34. The number of carbonyl (C=O) groups is 2. The van der Waals surface area contributed by atoms with Crippen LogP contribution in [0.2, 0.25) is 0 Å². The Morgan fingerprint density at radius 1 is 1.12 bits per heavy atom. The summed E-state index contributed by atoms with van der Waals surface area (Å²) in [5.74, 6) is 0.579. The van der Waals surface area contributed by atoms with Crippen molar-refractivity contribution < 1.29 is 23.8 Å². The van der Waals surface area contributed by atoms with Crippen molar-refractivity contribution in [1.29, 1.82) is 0 Å². The summed E-state index contributed by atoms with van der Waals surface area (Å²) in [6.45, 7) is 0. The summed E-state index contributed by atoms with van der Waals surface area (Å²) in [5, 5.41) is 1.04. The molecule has 3 aromatic rings. The minimum absolute atomic E-state index is 0.200. The fraction of sp³-hybridized carbons (Fsp3) is 0.182. The van der Waals surface area contributed by atoms with E-state index < -0.39 is 11.8 Å². The Morgan fingerprint density at radius 2 is 1.79 bits per heavy atom. The number of thioether (sulfide) groups is 1. The Morgan fingerprint density at radius 3 is 2.39 bits per heavy atom. The third-order valence-corrected chi connectivity index (χ3v) is 6.32. The summed E-state index contributed by atoms with van der Waals surface area (Å²) in [6.07, 6.45) is 1.66. The fourth-order valence-corrected chi connectivity index (χ4v) is 4.50. The Bertz CT molecular complexity index is 1290. The molecule has 1 saturated heterocycles. The van der Waals surface area contributed by atoms with E-state index in [1.807, 2.05) is 35.9 Å². The van der Waals surface area contributed by atoms with Crippen LogP contribution in [0, 0.1) is 0 Å². The number of imidazole rings is 1. The molecule has 1 N–H and O–H groups in total. The van der Waals surface area contributed by atoms with Crippen molar-refractivity contribution in [2.75, 3.05) is 21.3 Å². The maximum absolute atomic E-state index is 13.0. The highest BCUT2D eigenvalue weighted by atomic mass is 32.2. The average molecular weight is 485 g/mol. The van der Waals surface area contributed by atoms with Crippen molar-refractivity contribution in [2.45, 2.75) is 0 Å². The number of thiocarbonyl (C=S) groups is 1. The molecule has 2 heterocycles. The third-order valence-electron chi connectivity index (χ3n) is 5.02. The molecule has 2 amide bonds. The van der Waals surface area contributed by atoms with E-state index in [0.717, 1.165) is 27.8 Å². The lowest BCUT2D eigenvalue weighted by atomic mass is 10.1. The molecule has 1 aromatic heterocycles. The first-order valence-corrected chi connectivity index (χ1v) is 10.9. The van der Waals surface area contributed by atoms with E-state index in [1.54, 1.807) is 6.08 Å². The lowest BCUT2D eigenvalue weighted by Crippen LogP contribution is -2.44. The van der Waals surface area contributed by atoms with Crippen LogP contribution < -0.4 is 19.6 Å². The van der Waals surface area contributed by atoms with Gasteiger partial charge in [0.05, 0.1) is 37.3 Å². The molecule has 4 rings (SSSR count). The Labute approximate surface area is 199 Å². The maximum atomic E-state index is 13.0. The molecule has 0 spiro atoms. The van der Waals surface area contributed by atoms with E-state index in [2.05, 4.69) is 10.4 Å². The predicted octanol–water partition coefficient (Wildman–Crippen LogP) is 3.15. The van der Waals surface area contributed by atoms with Gasteiger partial charge in [-0.05, 0) is 36.5 Å². The number of amides is 2. The second-order valence-electron chi connectivity index (χ2n) is 6.89. The van der Waals surface area contributed by atoms with E-state index in [1.165, 1.54) is 33.5 Å². The van der Waals surface area contributed by atoms with Crippen LogP contribution >= 0.6 is 24.0 Å². The second-order valence-corrected chi connectivity index (χ2v) is 8.57.